The van der Waals surface area contributed by atoms with E-state index in [4.69, 9.17) is 0 Å². The highest BCUT2D eigenvalue weighted by molar-refractivity contribution is 5.90. The van der Waals surface area contributed by atoms with Crippen LogP contribution in [0.2, 0.25) is 0 Å². The molecule has 1 N–H and O–H groups in total. The van der Waals surface area contributed by atoms with Gasteiger partial charge < -0.3 is 14.7 Å². The van der Waals surface area contributed by atoms with Crippen LogP contribution in [0, 0.1) is 0 Å². The van der Waals surface area contributed by atoms with Crippen LogP contribution in [0.1, 0.15) is 29.0 Å². The van der Waals surface area contributed by atoms with Crippen molar-refractivity contribution in [1.82, 2.24) is 14.9 Å². The molecule has 2 aromatic heterocycles. The van der Waals surface area contributed by atoms with Gasteiger partial charge in [0.15, 0.2) is 5.69 Å². The van der Waals surface area contributed by atoms with Gasteiger partial charge in [0.05, 0.1) is 7.11 Å². The Morgan fingerprint density at radius 1 is 1.15 bits per heavy atom. The minimum Gasteiger partial charge on any atom is -0.505 e. The van der Waals surface area contributed by atoms with Crippen LogP contribution in [0.3, 0.4) is 0 Å². The Morgan fingerprint density at radius 2 is 1.96 bits per heavy atom. The maximum Gasteiger partial charge on any atom is 0.360 e. The second-order valence-corrected chi connectivity index (χ2v) is 6.64. The minimum atomic E-state index is -0.611. The van der Waals surface area contributed by atoms with Gasteiger partial charge in [0, 0.05) is 38.1 Å². The molecule has 7 nitrogen and oxygen atoms in total. The fourth-order valence-corrected chi connectivity index (χ4v) is 3.26. The molecular weight excluding hydrogens is 344 g/mol. The molecule has 1 aliphatic heterocycles. The second-order valence-electron chi connectivity index (χ2n) is 6.64. The monoisotopic (exact) mass is 370 g/mol. The molecule has 0 spiro atoms. The number of aromatic nitrogens is 2. The topological polar surface area (TPSA) is 78.8 Å². The van der Waals surface area contributed by atoms with Crippen LogP contribution < -0.4 is 4.90 Å². The highest BCUT2D eigenvalue weighted by atomic mass is 16.5. The first-order chi connectivity index (χ1) is 13.2. The van der Waals surface area contributed by atoms with Gasteiger partial charge in [0.2, 0.25) is 0 Å². The van der Waals surface area contributed by atoms with Crippen LogP contribution in [0.4, 0.5) is 5.82 Å². The van der Waals surface area contributed by atoms with Gasteiger partial charge in [-0.2, -0.15) is 0 Å². The first-order valence-electron chi connectivity index (χ1n) is 9.33. The molecule has 7 heteroatoms. The Hall–Kier alpha value is -2.67. The molecule has 0 amide bonds. The number of carbonyl (C=O) groups excluding carboxylic acids is 1. The molecule has 1 aliphatic rings. The van der Waals surface area contributed by atoms with Crippen molar-refractivity contribution in [2.45, 2.75) is 19.3 Å². The first-order valence-corrected chi connectivity index (χ1v) is 9.33. The first kappa shape index (κ1) is 19.1. The van der Waals surface area contributed by atoms with E-state index >= 15 is 0 Å². The number of aryl methyl sites for hydroxylation is 1. The summed E-state index contributed by atoms with van der Waals surface area (Å²) >= 11 is 0. The van der Waals surface area contributed by atoms with Gasteiger partial charge in [-0.15, -0.1) is 0 Å². The highest BCUT2D eigenvalue weighted by Gasteiger charge is 2.17. The van der Waals surface area contributed by atoms with Crippen molar-refractivity contribution in [2.75, 3.05) is 44.7 Å². The number of methoxy groups -OCH3 is 1. The molecule has 0 saturated carbocycles. The average molecular weight is 370 g/mol. The Bertz CT molecular complexity index is 746. The van der Waals surface area contributed by atoms with E-state index in [2.05, 4.69) is 30.6 Å². The van der Waals surface area contributed by atoms with E-state index in [0.29, 0.717) is 0 Å². The zero-order chi connectivity index (χ0) is 19.1. The fourth-order valence-electron chi connectivity index (χ4n) is 3.26. The Morgan fingerprint density at radius 3 is 2.67 bits per heavy atom. The summed E-state index contributed by atoms with van der Waals surface area (Å²) in [6.45, 7) is 5.14. The number of hydrogen-bond donors (Lipinski definition) is 1. The smallest absolute Gasteiger partial charge is 0.360 e. The minimum absolute atomic E-state index is 0.0133. The molecule has 2 aromatic rings. The van der Waals surface area contributed by atoms with Crippen LogP contribution in [0.5, 0.6) is 5.75 Å². The lowest BCUT2D eigenvalue weighted by atomic mass is 10.1. The van der Waals surface area contributed by atoms with Gasteiger partial charge >= 0.3 is 5.97 Å². The number of esters is 1. The molecule has 0 atom stereocenters. The third-order valence-electron chi connectivity index (χ3n) is 4.81. The van der Waals surface area contributed by atoms with E-state index in [1.54, 1.807) is 6.07 Å². The lowest BCUT2D eigenvalue weighted by Crippen LogP contribution is -2.46. The zero-order valence-corrected chi connectivity index (χ0v) is 15.7. The number of carbonyl (C=O) groups is 1. The molecule has 0 bridgehead atoms. The molecule has 144 valence electrons. The summed E-state index contributed by atoms with van der Waals surface area (Å²) in [4.78, 5) is 25.0. The molecule has 0 unspecified atom stereocenters. The molecule has 3 heterocycles. The van der Waals surface area contributed by atoms with E-state index in [0.717, 1.165) is 63.5 Å². The van der Waals surface area contributed by atoms with Crippen LogP contribution in [-0.4, -0.2) is 65.8 Å². The summed E-state index contributed by atoms with van der Waals surface area (Å²) in [6, 6.07) is 9.29. The Labute approximate surface area is 159 Å². The maximum atomic E-state index is 11.6. The standard InChI is InChI=1S/C20H26N4O3/c1-27-20(26)19-17(25)9-8-16(22-19)6-3-5-11-23-12-14-24(15-13-23)18-7-2-4-10-21-18/h2,4,7-10,25H,3,5-6,11-15H2,1H3. The van der Waals surface area contributed by atoms with Crippen LogP contribution >= 0.6 is 0 Å². The molecule has 27 heavy (non-hydrogen) atoms. The van der Waals surface area contributed by atoms with Crippen molar-refractivity contribution >= 4 is 11.8 Å². The number of rotatable bonds is 7. The van der Waals surface area contributed by atoms with Crippen molar-refractivity contribution in [3.63, 3.8) is 0 Å². The SMILES string of the molecule is COC(=O)c1nc(CCCCN2CCN(c3ccccn3)CC2)ccc1O. The van der Waals surface area contributed by atoms with Crippen molar-refractivity contribution in [3.8, 4) is 5.75 Å². The van der Waals surface area contributed by atoms with Crippen molar-refractivity contribution < 1.29 is 14.6 Å². The average Bonchev–Trinajstić information content (AvgIpc) is 2.73. The number of unbranched alkanes of at least 4 members (excludes halogenated alkanes) is 1. The van der Waals surface area contributed by atoms with Gasteiger partial charge in [-0.1, -0.05) is 6.07 Å². The van der Waals surface area contributed by atoms with E-state index in [9.17, 15) is 9.90 Å². The fraction of sp³-hybridized carbons (Fsp3) is 0.450. The number of pyridine rings is 2. The molecule has 3 rings (SSSR count). The number of nitrogens with zero attached hydrogens (tertiary/aromatic N) is 4. The summed E-state index contributed by atoms with van der Waals surface area (Å²) in [6.07, 6.45) is 4.67. The lowest BCUT2D eigenvalue weighted by molar-refractivity contribution is 0.0590. The number of anilines is 1. The van der Waals surface area contributed by atoms with Crippen LogP contribution in [0.15, 0.2) is 36.5 Å². The lowest BCUT2D eigenvalue weighted by Gasteiger charge is -2.35. The van der Waals surface area contributed by atoms with Crippen LogP contribution in [0.25, 0.3) is 0 Å². The zero-order valence-electron chi connectivity index (χ0n) is 15.7. The van der Waals surface area contributed by atoms with Crippen LogP contribution in [-0.2, 0) is 11.2 Å². The normalized spacial score (nSPS) is 14.9. The largest absolute Gasteiger partial charge is 0.505 e. The van der Waals surface area contributed by atoms with Crippen molar-refractivity contribution in [2.24, 2.45) is 0 Å². The van der Waals surface area contributed by atoms with E-state index in [1.807, 2.05) is 18.3 Å². The summed E-state index contributed by atoms with van der Waals surface area (Å²) in [7, 11) is 1.28. The van der Waals surface area contributed by atoms with Crippen molar-refractivity contribution in [1.29, 1.82) is 0 Å². The molecular formula is C20H26N4O3. The van der Waals surface area contributed by atoms with E-state index in [-0.39, 0.29) is 11.4 Å². The summed E-state index contributed by atoms with van der Waals surface area (Å²) in [5.74, 6) is 0.300. The van der Waals surface area contributed by atoms with Crippen molar-refractivity contribution in [3.05, 3.63) is 47.9 Å². The maximum absolute atomic E-state index is 11.6. The summed E-state index contributed by atoms with van der Waals surface area (Å²) < 4.78 is 4.64. The molecule has 0 aromatic carbocycles. The Balaban J connectivity index is 1.39. The third-order valence-corrected chi connectivity index (χ3v) is 4.81. The summed E-state index contributed by atoms with van der Waals surface area (Å²) in [5, 5.41) is 9.70. The molecule has 0 aliphatic carbocycles. The molecule has 0 radical (unpaired) electrons. The number of hydrogen-bond acceptors (Lipinski definition) is 7. The van der Waals surface area contributed by atoms with E-state index in [1.165, 1.54) is 13.2 Å². The summed E-state index contributed by atoms with van der Waals surface area (Å²) in [5.41, 5.74) is 0.786. The van der Waals surface area contributed by atoms with Gasteiger partial charge in [-0.3, -0.25) is 4.90 Å². The van der Waals surface area contributed by atoms with Gasteiger partial charge in [0.1, 0.15) is 11.6 Å². The Kier molecular flexibility index (Phi) is 6.59. The van der Waals surface area contributed by atoms with Gasteiger partial charge in [0.25, 0.3) is 0 Å². The van der Waals surface area contributed by atoms with Gasteiger partial charge in [-0.05, 0) is 50.1 Å². The highest BCUT2D eigenvalue weighted by Crippen LogP contribution is 2.17. The van der Waals surface area contributed by atoms with Gasteiger partial charge in [-0.25, -0.2) is 14.8 Å². The van der Waals surface area contributed by atoms with E-state index < -0.39 is 5.97 Å². The second kappa shape index (κ2) is 9.32. The number of ether oxygens (including phenoxy) is 1. The molecule has 1 fully saturated rings. The predicted molar refractivity (Wildman–Crippen MR) is 103 cm³/mol. The number of aromatic hydroxyl groups is 1. The third kappa shape index (κ3) is 5.17. The molecule has 1 saturated heterocycles. The quantitative estimate of drug-likeness (QED) is 0.591. The number of piperazine rings is 1. The predicted octanol–water partition coefficient (Wildman–Crippen LogP) is 2.11.